The first-order valence-electron chi connectivity index (χ1n) is 7.69. The van der Waals surface area contributed by atoms with Crippen LogP contribution in [0.2, 0.25) is 0 Å². The van der Waals surface area contributed by atoms with Crippen LogP contribution in [0.4, 0.5) is 0 Å². The van der Waals surface area contributed by atoms with Gasteiger partial charge in [0.25, 0.3) is 0 Å². The first-order valence-corrected chi connectivity index (χ1v) is 7.69. The third-order valence-corrected chi connectivity index (χ3v) is 4.36. The molecule has 20 heavy (non-hydrogen) atoms. The number of nitrogens with two attached hydrogens (primary N) is 1. The van der Waals surface area contributed by atoms with Crippen LogP contribution in [-0.2, 0) is 0 Å². The molecule has 1 aliphatic carbocycles. The summed E-state index contributed by atoms with van der Waals surface area (Å²) in [6, 6.07) is 12.4. The number of nitrogens with zero attached hydrogens (tertiary/aromatic N) is 2. The lowest BCUT2D eigenvalue weighted by atomic mass is 9.84. The maximum Gasteiger partial charge on any atom is 0.0649 e. The lowest BCUT2D eigenvalue weighted by Crippen LogP contribution is -2.20. The van der Waals surface area contributed by atoms with Crippen molar-refractivity contribution in [1.29, 1.82) is 0 Å². The van der Waals surface area contributed by atoms with Gasteiger partial charge < -0.3 is 5.73 Å². The third kappa shape index (κ3) is 2.93. The van der Waals surface area contributed by atoms with Crippen molar-refractivity contribution < 1.29 is 0 Å². The van der Waals surface area contributed by atoms with Crippen LogP contribution in [0.5, 0.6) is 0 Å². The molecular weight excluding hydrogens is 246 g/mol. The Hall–Kier alpha value is -1.61. The molecule has 1 aromatic heterocycles. The molecule has 1 unspecified atom stereocenters. The monoisotopic (exact) mass is 269 g/mol. The molecule has 106 valence electrons. The minimum atomic E-state index is 0.0841. The lowest BCUT2D eigenvalue weighted by molar-refractivity contribution is 0.316. The van der Waals surface area contributed by atoms with Crippen molar-refractivity contribution >= 4 is 0 Å². The van der Waals surface area contributed by atoms with Crippen LogP contribution in [0.3, 0.4) is 0 Å². The number of benzene rings is 1. The summed E-state index contributed by atoms with van der Waals surface area (Å²) in [4.78, 5) is 0. The van der Waals surface area contributed by atoms with E-state index in [4.69, 9.17) is 5.73 Å². The molecule has 3 heteroatoms. The number of rotatable bonds is 4. The van der Waals surface area contributed by atoms with E-state index >= 15 is 0 Å². The van der Waals surface area contributed by atoms with Gasteiger partial charge in [0.2, 0.25) is 0 Å². The van der Waals surface area contributed by atoms with Crippen molar-refractivity contribution in [2.45, 2.75) is 44.6 Å². The number of aromatic nitrogens is 2. The molecule has 0 aliphatic heterocycles. The van der Waals surface area contributed by atoms with Gasteiger partial charge >= 0.3 is 0 Å². The first-order chi connectivity index (χ1) is 9.84. The van der Waals surface area contributed by atoms with E-state index in [1.807, 2.05) is 29.1 Å². The molecule has 1 atom stereocenters. The highest BCUT2D eigenvalue weighted by molar-refractivity contribution is 5.33. The van der Waals surface area contributed by atoms with Gasteiger partial charge in [-0.2, -0.15) is 5.10 Å². The smallest absolute Gasteiger partial charge is 0.0649 e. The molecule has 3 rings (SSSR count). The highest BCUT2D eigenvalue weighted by Gasteiger charge is 2.20. The average molecular weight is 269 g/mol. The predicted octanol–water partition coefficient (Wildman–Crippen LogP) is 3.84. The van der Waals surface area contributed by atoms with Gasteiger partial charge in [-0.15, -0.1) is 0 Å². The van der Waals surface area contributed by atoms with Crippen LogP contribution in [0, 0.1) is 5.92 Å². The summed E-state index contributed by atoms with van der Waals surface area (Å²) >= 11 is 0. The summed E-state index contributed by atoms with van der Waals surface area (Å²) in [5.41, 5.74) is 8.66. The standard InChI is InChI=1S/C17H23N3/c18-16(13-14-7-3-1-4-8-14)17-11-12-19-20(17)15-9-5-2-6-10-15/h2,5-6,9-12,14,16H,1,3-4,7-8,13,18H2. The molecule has 1 aliphatic rings. The van der Waals surface area contributed by atoms with Crippen molar-refractivity contribution in [3.8, 4) is 5.69 Å². The highest BCUT2D eigenvalue weighted by Crippen LogP contribution is 2.31. The topological polar surface area (TPSA) is 43.8 Å². The predicted molar refractivity (Wildman–Crippen MR) is 81.7 cm³/mol. The maximum atomic E-state index is 6.45. The zero-order valence-electron chi connectivity index (χ0n) is 11.9. The number of hydrogen-bond donors (Lipinski definition) is 1. The van der Waals surface area contributed by atoms with Crippen molar-refractivity contribution in [2.75, 3.05) is 0 Å². The van der Waals surface area contributed by atoms with E-state index in [2.05, 4.69) is 23.3 Å². The fourth-order valence-electron chi connectivity index (χ4n) is 3.28. The van der Waals surface area contributed by atoms with E-state index in [0.717, 1.165) is 23.7 Å². The lowest BCUT2D eigenvalue weighted by Gasteiger charge is -2.25. The molecule has 0 saturated heterocycles. The van der Waals surface area contributed by atoms with Gasteiger partial charge in [0.05, 0.1) is 11.4 Å². The molecule has 2 N–H and O–H groups in total. The zero-order valence-corrected chi connectivity index (χ0v) is 11.9. The fraction of sp³-hybridized carbons (Fsp3) is 0.471. The summed E-state index contributed by atoms with van der Waals surface area (Å²) in [7, 11) is 0. The molecular formula is C17H23N3. The molecule has 0 bridgehead atoms. The summed E-state index contributed by atoms with van der Waals surface area (Å²) in [5, 5.41) is 4.44. The number of para-hydroxylation sites is 1. The second-order valence-corrected chi connectivity index (χ2v) is 5.85. The van der Waals surface area contributed by atoms with Gasteiger partial charge in [0, 0.05) is 12.2 Å². The fourth-order valence-corrected chi connectivity index (χ4v) is 3.28. The van der Waals surface area contributed by atoms with Crippen molar-refractivity contribution in [3.63, 3.8) is 0 Å². The SMILES string of the molecule is NC(CC1CCCCC1)c1ccnn1-c1ccccc1. The van der Waals surface area contributed by atoms with Crippen LogP contribution in [-0.4, -0.2) is 9.78 Å². The molecule has 1 heterocycles. The van der Waals surface area contributed by atoms with Gasteiger partial charge in [0.15, 0.2) is 0 Å². The summed E-state index contributed by atoms with van der Waals surface area (Å²) in [6.07, 6.45) is 9.75. The maximum absolute atomic E-state index is 6.45. The van der Waals surface area contributed by atoms with E-state index in [-0.39, 0.29) is 6.04 Å². The summed E-state index contributed by atoms with van der Waals surface area (Å²) < 4.78 is 1.98. The first kappa shape index (κ1) is 13.4. The molecule has 0 radical (unpaired) electrons. The van der Waals surface area contributed by atoms with Crippen molar-refractivity contribution in [3.05, 3.63) is 48.3 Å². The van der Waals surface area contributed by atoms with Gasteiger partial charge in [-0.1, -0.05) is 50.3 Å². The third-order valence-electron chi connectivity index (χ3n) is 4.36. The second kappa shape index (κ2) is 6.23. The van der Waals surface area contributed by atoms with E-state index in [0.29, 0.717) is 0 Å². The van der Waals surface area contributed by atoms with Gasteiger partial charge in [-0.25, -0.2) is 4.68 Å². The summed E-state index contributed by atoms with van der Waals surface area (Å²) in [5.74, 6) is 0.790. The largest absolute Gasteiger partial charge is 0.323 e. The molecule has 1 fully saturated rings. The Bertz CT molecular complexity index is 526. The molecule has 2 aromatic rings. The van der Waals surface area contributed by atoms with Gasteiger partial charge in [-0.3, -0.25) is 0 Å². The zero-order chi connectivity index (χ0) is 13.8. The van der Waals surface area contributed by atoms with Crippen LogP contribution in [0.15, 0.2) is 42.6 Å². The minimum Gasteiger partial charge on any atom is -0.323 e. The van der Waals surface area contributed by atoms with Crippen molar-refractivity contribution in [1.82, 2.24) is 9.78 Å². The molecule has 0 spiro atoms. The van der Waals surface area contributed by atoms with Crippen molar-refractivity contribution in [2.24, 2.45) is 11.7 Å². The minimum absolute atomic E-state index is 0.0841. The Morgan fingerprint density at radius 1 is 1.10 bits per heavy atom. The van der Waals surface area contributed by atoms with E-state index in [1.165, 1.54) is 32.1 Å². The Balaban J connectivity index is 1.75. The Kier molecular flexibility index (Phi) is 4.16. The molecule has 3 nitrogen and oxygen atoms in total. The van der Waals surface area contributed by atoms with Crippen LogP contribution >= 0.6 is 0 Å². The van der Waals surface area contributed by atoms with E-state index < -0.39 is 0 Å². The Morgan fingerprint density at radius 3 is 2.60 bits per heavy atom. The summed E-state index contributed by atoms with van der Waals surface area (Å²) in [6.45, 7) is 0. The Morgan fingerprint density at radius 2 is 1.85 bits per heavy atom. The van der Waals surface area contributed by atoms with Crippen LogP contribution in [0.25, 0.3) is 5.69 Å². The average Bonchev–Trinajstić information content (AvgIpc) is 2.99. The molecule has 1 aromatic carbocycles. The number of hydrogen-bond acceptors (Lipinski definition) is 2. The van der Waals surface area contributed by atoms with Crippen LogP contribution in [0.1, 0.15) is 50.3 Å². The van der Waals surface area contributed by atoms with Gasteiger partial charge in [0.1, 0.15) is 0 Å². The molecule has 0 amide bonds. The van der Waals surface area contributed by atoms with Gasteiger partial charge in [-0.05, 0) is 30.5 Å². The second-order valence-electron chi connectivity index (χ2n) is 5.85. The van der Waals surface area contributed by atoms with E-state index in [9.17, 15) is 0 Å². The molecule has 1 saturated carbocycles. The highest BCUT2D eigenvalue weighted by atomic mass is 15.3. The quantitative estimate of drug-likeness (QED) is 0.916. The Labute approximate surface area is 120 Å². The normalized spacial score (nSPS) is 18.1. The van der Waals surface area contributed by atoms with E-state index in [1.54, 1.807) is 0 Å². The van der Waals surface area contributed by atoms with Crippen LogP contribution < -0.4 is 5.73 Å².